The third kappa shape index (κ3) is 5.53. The highest BCUT2D eigenvalue weighted by atomic mass is 32.2. The predicted molar refractivity (Wildman–Crippen MR) is 93.8 cm³/mol. The number of urea groups is 1. The Bertz CT molecular complexity index is 783. The highest BCUT2D eigenvalue weighted by Crippen LogP contribution is 2.25. The van der Waals surface area contributed by atoms with E-state index in [0.717, 1.165) is 11.1 Å². The van der Waals surface area contributed by atoms with Gasteiger partial charge in [0, 0.05) is 22.4 Å². The molecule has 0 radical (unpaired) electrons. The lowest BCUT2D eigenvalue weighted by Crippen LogP contribution is -2.19. The predicted octanol–water partition coefficient (Wildman–Crippen LogP) is 3.28. The van der Waals surface area contributed by atoms with Crippen LogP contribution in [0.3, 0.4) is 0 Å². The molecule has 3 N–H and O–H groups in total. The van der Waals surface area contributed by atoms with Gasteiger partial charge in [0.25, 0.3) is 0 Å². The van der Waals surface area contributed by atoms with E-state index in [9.17, 15) is 13.2 Å². The number of carbonyl (C=O) groups is 1. The van der Waals surface area contributed by atoms with E-state index < -0.39 is 16.1 Å². The lowest BCUT2D eigenvalue weighted by molar-refractivity contribution is 0.262. The van der Waals surface area contributed by atoms with Crippen LogP contribution < -0.4 is 15.4 Å². The highest BCUT2D eigenvalue weighted by molar-refractivity contribution is 7.92. The molecule has 0 saturated heterocycles. The third-order valence-electron chi connectivity index (χ3n) is 2.76. The van der Waals surface area contributed by atoms with Gasteiger partial charge in [-0.25, -0.2) is 18.2 Å². The lowest BCUT2D eigenvalue weighted by atomic mass is 10.2. The number of aromatic nitrogens is 1. The Morgan fingerprint density at radius 2 is 1.74 bits per heavy atom. The molecule has 9 heteroatoms. The van der Waals surface area contributed by atoms with Crippen molar-refractivity contribution in [3.8, 4) is 0 Å². The molecule has 1 heterocycles. The Morgan fingerprint density at radius 3 is 2.26 bits per heavy atom. The largest absolute Gasteiger partial charge is 0.325 e. The number of sulfonamides is 1. The van der Waals surface area contributed by atoms with E-state index in [2.05, 4.69) is 34.2 Å². The quantitative estimate of drug-likeness (QED) is 0.767. The Labute approximate surface area is 139 Å². The van der Waals surface area contributed by atoms with Crippen LogP contribution in [0.15, 0.2) is 30.5 Å². The van der Waals surface area contributed by atoms with Gasteiger partial charge in [0.1, 0.15) is 0 Å². The first kappa shape index (κ1) is 17.2. The zero-order valence-electron chi connectivity index (χ0n) is 13.0. The summed E-state index contributed by atoms with van der Waals surface area (Å²) in [7, 11) is -3.32. The van der Waals surface area contributed by atoms with E-state index in [1.54, 1.807) is 30.5 Å². The van der Waals surface area contributed by atoms with Crippen molar-refractivity contribution in [3.05, 3.63) is 35.3 Å². The van der Waals surface area contributed by atoms with Crippen molar-refractivity contribution in [2.45, 2.75) is 19.8 Å². The number of thiazole rings is 1. The number of rotatable bonds is 5. The van der Waals surface area contributed by atoms with E-state index in [1.165, 1.54) is 11.3 Å². The average molecular weight is 354 g/mol. The molecule has 0 saturated carbocycles. The van der Waals surface area contributed by atoms with Crippen molar-refractivity contribution in [2.24, 2.45) is 0 Å². The molecule has 124 valence electrons. The summed E-state index contributed by atoms with van der Waals surface area (Å²) in [5.41, 5.74) is 0.974. The van der Waals surface area contributed by atoms with Crippen LogP contribution >= 0.6 is 11.3 Å². The molecule has 23 heavy (non-hydrogen) atoms. The molecular weight excluding hydrogens is 336 g/mol. The minimum atomic E-state index is -3.32. The van der Waals surface area contributed by atoms with Gasteiger partial charge in [-0.15, -0.1) is 11.3 Å². The molecule has 0 aliphatic rings. The minimum Gasteiger partial charge on any atom is -0.308 e. The van der Waals surface area contributed by atoms with Crippen molar-refractivity contribution >= 4 is 43.9 Å². The van der Waals surface area contributed by atoms with Crippen molar-refractivity contribution in [1.82, 2.24) is 4.98 Å². The first-order valence-corrected chi connectivity index (χ1v) is 9.55. The van der Waals surface area contributed by atoms with E-state index in [4.69, 9.17) is 0 Å². The van der Waals surface area contributed by atoms with Gasteiger partial charge in [-0.2, -0.15) is 0 Å². The maximum Gasteiger partial charge on any atom is 0.325 e. The fraction of sp³-hybridized carbons (Fsp3) is 0.286. The van der Waals surface area contributed by atoms with Crippen LogP contribution in [0, 0.1) is 0 Å². The number of hydrogen-bond donors (Lipinski definition) is 3. The molecule has 0 bridgehead atoms. The number of amides is 2. The first-order valence-electron chi connectivity index (χ1n) is 6.84. The van der Waals surface area contributed by atoms with Gasteiger partial charge in [-0.3, -0.25) is 10.0 Å². The van der Waals surface area contributed by atoms with Gasteiger partial charge >= 0.3 is 6.03 Å². The average Bonchev–Trinajstić information content (AvgIpc) is 2.88. The molecule has 0 aliphatic carbocycles. The molecule has 2 aromatic rings. The third-order valence-corrected chi connectivity index (χ3v) is 4.58. The molecule has 0 spiro atoms. The first-order chi connectivity index (χ1) is 10.7. The normalized spacial score (nSPS) is 11.3. The second kappa shape index (κ2) is 6.97. The number of benzene rings is 1. The van der Waals surface area contributed by atoms with E-state index in [0.29, 0.717) is 22.4 Å². The van der Waals surface area contributed by atoms with Crippen molar-refractivity contribution in [3.63, 3.8) is 0 Å². The fourth-order valence-electron chi connectivity index (χ4n) is 1.71. The fourth-order valence-corrected chi connectivity index (χ4v) is 3.08. The van der Waals surface area contributed by atoms with Crippen molar-refractivity contribution in [1.29, 1.82) is 0 Å². The standard InChI is InChI=1S/C14H18N4O3S2/c1-9(2)12-8-15-14(22-12)17-13(19)16-10-4-6-11(7-5-10)18-23(3,20)21/h4-9,18H,1-3H3,(H2,15,16,17,19). The Hall–Kier alpha value is -2.13. The van der Waals surface area contributed by atoms with Crippen molar-refractivity contribution < 1.29 is 13.2 Å². The summed E-state index contributed by atoms with van der Waals surface area (Å²) in [5, 5.41) is 5.85. The van der Waals surface area contributed by atoms with Crippen LogP contribution in [0.5, 0.6) is 0 Å². The van der Waals surface area contributed by atoms with Gasteiger partial charge < -0.3 is 5.32 Å². The number of anilines is 3. The lowest BCUT2D eigenvalue weighted by Gasteiger charge is -2.07. The summed E-state index contributed by atoms with van der Waals surface area (Å²) in [6, 6.07) is 5.94. The van der Waals surface area contributed by atoms with Gasteiger partial charge in [0.2, 0.25) is 10.0 Å². The van der Waals surface area contributed by atoms with Gasteiger partial charge in [-0.1, -0.05) is 13.8 Å². The smallest absolute Gasteiger partial charge is 0.308 e. The summed E-state index contributed by atoms with van der Waals surface area (Å²) in [5.74, 6) is 0.362. The van der Waals surface area contributed by atoms with Gasteiger partial charge in [-0.05, 0) is 30.2 Å². The molecule has 0 atom stereocenters. The van der Waals surface area contributed by atoms with Crippen LogP contribution in [-0.2, 0) is 10.0 Å². The maximum atomic E-state index is 11.9. The van der Waals surface area contributed by atoms with Gasteiger partial charge in [0.15, 0.2) is 5.13 Å². The molecular formula is C14H18N4O3S2. The van der Waals surface area contributed by atoms with Crippen LogP contribution in [0.25, 0.3) is 0 Å². The topological polar surface area (TPSA) is 100 Å². The maximum absolute atomic E-state index is 11.9. The Balaban J connectivity index is 1.94. The molecule has 1 aromatic carbocycles. The van der Waals surface area contributed by atoms with Crippen LogP contribution in [0.4, 0.5) is 21.3 Å². The number of nitrogens with one attached hydrogen (secondary N) is 3. The zero-order chi connectivity index (χ0) is 17.0. The molecule has 0 fully saturated rings. The molecule has 0 aliphatic heterocycles. The Kier molecular flexibility index (Phi) is 5.22. The summed E-state index contributed by atoms with van der Waals surface area (Å²) in [4.78, 5) is 17.1. The van der Waals surface area contributed by atoms with E-state index in [1.807, 2.05) is 0 Å². The molecule has 2 amide bonds. The highest BCUT2D eigenvalue weighted by Gasteiger charge is 2.09. The molecule has 1 aromatic heterocycles. The van der Waals surface area contributed by atoms with Crippen LogP contribution in [0.1, 0.15) is 24.6 Å². The number of nitrogens with zero attached hydrogens (tertiary/aromatic N) is 1. The minimum absolute atomic E-state index is 0.362. The number of carbonyl (C=O) groups excluding carboxylic acids is 1. The van der Waals surface area contributed by atoms with Crippen molar-refractivity contribution in [2.75, 3.05) is 21.6 Å². The molecule has 2 rings (SSSR count). The van der Waals surface area contributed by atoms with Gasteiger partial charge in [0.05, 0.1) is 6.26 Å². The monoisotopic (exact) mass is 354 g/mol. The second-order valence-electron chi connectivity index (χ2n) is 5.25. The summed E-state index contributed by atoms with van der Waals surface area (Å²) >= 11 is 1.43. The Morgan fingerprint density at radius 1 is 1.13 bits per heavy atom. The van der Waals surface area contributed by atoms with Crippen LogP contribution in [0.2, 0.25) is 0 Å². The summed E-state index contributed by atoms with van der Waals surface area (Å²) in [6.45, 7) is 4.12. The van der Waals surface area contributed by atoms with E-state index in [-0.39, 0.29) is 0 Å². The molecule has 0 unspecified atom stereocenters. The summed E-state index contributed by atoms with van der Waals surface area (Å²) in [6.07, 6.45) is 2.82. The number of hydrogen-bond acceptors (Lipinski definition) is 5. The zero-order valence-corrected chi connectivity index (χ0v) is 14.6. The SMILES string of the molecule is CC(C)c1cnc(NC(=O)Nc2ccc(NS(C)(=O)=O)cc2)s1. The molecule has 7 nitrogen and oxygen atoms in total. The second-order valence-corrected chi connectivity index (χ2v) is 8.06. The summed E-state index contributed by atoms with van der Waals surface area (Å²) < 4.78 is 24.6. The van der Waals surface area contributed by atoms with E-state index >= 15 is 0 Å². The van der Waals surface area contributed by atoms with Crippen LogP contribution in [-0.4, -0.2) is 25.7 Å².